The number of aromatic carboxylic acids is 1. The molecule has 2 aromatic rings. The molecule has 0 aliphatic rings. The molecule has 0 fully saturated rings. The Morgan fingerprint density at radius 2 is 1.80 bits per heavy atom. The third-order valence-corrected chi connectivity index (χ3v) is 4.54. The smallest absolute Gasteiger partial charge is 0.744 e. The number of nitrogens with zero attached hydrogens (tertiary/aromatic N) is 4. The van der Waals surface area contributed by atoms with Gasteiger partial charge in [0.15, 0.2) is 0 Å². The van der Waals surface area contributed by atoms with Gasteiger partial charge in [0.25, 0.3) is 5.69 Å². The van der Waals surface area contributed by atoms with E-state index in [1.165, 1.54) is 18.2 Å². The molecular formula is C16H14N4Na2O7S. The van der Waals surface area contributed by atoms with Gasteiger partial charge in [-0.3, -0.25) is 10.1 Å². The van der Waals surface area contributed by atoms with Crippen molar-refractivity contribution in [1.29, 1.82) is 0 Å². The summed E-state index contributed by atoms with van der Waals surface area (Å²) < 4.78 is 33.3. The molecule has 2 rings (SSSR count). The van der Waals surface area contributed by atoms with E-state index in [0.29, 0.717) is 17.3 Å². The fourth-order valence-corrected chi connectivity index (χ4v) is 2.81. The van der Waals surface area contributed by atoms with Crippen LogP contribution in [-0.4, -0.2) is 30.4 Å². The molecule has 0 aromatic heterocycles. The van der Waals surface area contributed by atoms with Crippen LogP contribution in [0.5, 0.6) is 0 Å². The summed E-state index contributed by atoms with van der Waals surface area (Å²) in [7, 11) is -4.85. The van der Waals surface area contributed by atoms with E-state index in [1.54, 1.807) is 13.8 Å². The summed E-state index contributed by atoms with van der Waals surface area (Å²) >= 11 is 0. The number of carbonyl (C=O) groups excluding carboxylic acids is 1. The van der Waals surface area contributed by atoms with Crippen molar-refractivity contribution < 1.29 is 86.9 Å². The van der Waals surface area contributed by atoms with Crippen LogP contribution in [-0.2, 0) is 10.1 Å². The van der Waals surface area contributed by atoms with Crippen molar-refractivity contribution in [3.05, 3.63) is 57.6 Å². The van der Waals surface area contributed by atoms with Crippen LogP contribution in [0.25, 0.3) is 0 Å². The van der Waals surface area contributed by atoms with Crippen molar-refractivity contribution in [2.45, 2.75) is 18.7 Å². The van der Waals surface area contributed by atoms with Crippen molar-refractivity contribution in [2.24, 2.45) is 10.3 Å². The minimum atomic E-state index is -4.85. The predicted molar refractivity (Wildman–Crippen MR) is 94.1 cm³/mol. The van der Waals surface area contributed by atoms with Gasteiger partial charge in [-0.15, -0.1) is 5.11 Å². The summed E-state index contributed by atoms with van der Waals surface area (Å²) in [5.41, 5.74) is 0.105. The first-order valence-corrected chi connectivity index (χ1v) is 9.21. The first-order chi connectivity index (χ1) is 13.0. The number of hydrogen-bond acceptors (Lipinski definition) is 9. The van der Waals surface area contributed by atoms with E-state index in [0.717, 1.165) is 17.1 Å². The Bertz CT molecular complexity index is 1080. The summed E-state index contributed by atoms with van der Waals surface area (Å²) in [6.45, 7) is 3.39. The molecular weight excluding hydrogens is 438 g/mol. The van der Waals surface area contributed by atoms with Crippen molar-refractivity contribution in [2.75, 3.05) is 11.6 Å². The number of carboxylic acids is 1. The molecule has 148 valence electrons. The Balaban J connectivity index is 0.00000420. The number of hydrogen-bond donors (Lipinski definition) is 0. The zero-order valence-electron chi connectivity index (χ0n) is 16.7. The number of nitro groups is 1. The van der Waals surface area contributed by atoms with E-state index in [9.17, 15) is 33.0 Å². The van der Waals surface area contributed by atoms with Gasteiger partial charge in [0.2, 0.25) is 0 Å². The van der Waals surface area contributed by atoms with Crippen LogP contribution in [0.4, 0.5) is 17.1 Å². The molecule has 0 saturated carbocycles. The molecule has 30 heavy (non-hydrogen) atoms. The number of carbonyl (C=O) groups is 1. The van der Waals surface area contributed by atoms with Crippen LogP contribution in [0, 0.1) is 17.0 Å². The molecule has 0 saturated heterocycles. The van der Waals surface area contributed by atoms with Gasteiger partial charge in [0.05, 0.1) is 27.2 Å². The van der Waals surface area contributed by atoms with Crippen molar-refractivity contribution >= 4 is 33.1 Å². The second-order valence-corrected chi connectivity index (χ2v) is 6.93. The van der Waals surface area contributed by atoms with Crippen LogP contribution in [0.1, 0.15) is 22.8 Å². The van der Waals surface area contributed by atoms with Gasteiger partial charge in [-0.2, -0.15) is 0 Å². The van der Waals surface area contributed by atoms with Crippen LogP contribution in [0.2, 0.25) is 0 Å². The Kier molecular flexibility index (Phi) is 11.3. The molecule has 0 aliphatic heterocycles. The predicted octanol–water partition coefficient (Wildman–Crippen LogP) is -4.30. The van der Waals surface area contributed by atoms with Crippen LogP contribution < -0.4 is 69.2 Å². The van der Waals surface area contributed by atoms with E-state index in [4.69, 9.17) is 0 Å². The van der Waals surface area contributed by atoms with Gasteiger partial charge in [0.1, 0.15) is 10.1 Å². The third kappa shape index (κ3) is 7.10. The minimum Gasteiger partial charge on any atom is -0.744 e. The maximum absolute atomic E-state index is 11.4. The summed E-state index contributed by atoms with van der Waals surface area (Å²) in [6, 6.07) is 6.71. The summed E-state index contributed by atoms with van der Waals surface area (Å²) in [4.78, 5) is 20.9. The van der Waals surface area contributed by atoms with Gasteiger partial charge in [-0.1, -0.05) is 5.22 Å². The Morgan fingerprint density at radius 1 is 1.17 bits per heavy atom. The zero-order chi connectivity index (χ0) is 21.1. The van der Waals surface area contributed by atoms with E-state index in [-0.39, 0.29) is 77.0 Å². The standard InChI is InChI=1S/C16H16N4O7S.2Na/c1-3-19(18-17-14-6-4-11(20(23)24)8-10(14)2)15-7-5-12(28(25,26)27)9-13(15)16(21)22;;/h4-9H,3H2,1-2H3,(H,21,22)(H,25,26,27);;/q;2*+1/p-2. The molecule has 0 atom stereocenters. The summed E-state index contributed by atoms with van der Waals surface area (Å²) in [5.74, 6) is -1.69. The minimum absolute atomic E-state index is 0. The van der Waals surface area contributed by atoms with Gasteiger partial charge in [0, 0.05) is 24.2 Å². The fraction of sp³-hybridized carbons (Fsp3) is 0.188. The molecule has 0 spiro atoms. The number of aryl methyl sites for hydroxylation is 1. The molecule has 14 heteroatoms. The van der Waals surface area contributed by atoms with Crippen LogP contribution >= 0.6 is 0 Å². The Labute approximate surface area is 216 Å². The largest absolute Gasteiger partial charge is 1.00 e. The molecule has 0 bridgehead atoms. The second kappa shape index (κ2) is 11.9. The quantitative estimate of drug-likeness (QED) is 0.134. The normalized spacial score (nSPS) is 10.8. The number of non-ortho nitro benzene ring substituents is 1. The number of rotatable bonds is 7. The first-order valence-electron chi connectivity index (χ1n) is 7.80. The van der Waals surface area contributed by atoms with Gasteiger partial charge in [-0.05, 0) is 43.7 Å². The third-order valence-electron chi connectivity index (χ3n) is 3.71. The van der Waals surface area contributed by atoms with E-state index < -0.39 is 31.5 Å². The fourth-order valence-electron chi connectivity index (χ4n) is 2.31. The Morgan fingerprint density at radius 3 is 2.27 bits per heavy atom. The number of carboxylic acid groups (broad SMARTS) is 1. The van der Waals surface area contributed by atoms with Crippen LogP contribution in [0.3, 0.4) is 0 Å². The first kappa shape index (κ1) is 28.6. The van der Waals surface area contributed by atoms with E-state index in [2.05, 4.69) is 10.3 Å². The number of anilines is 1. The van der Waals surface area contributed by atoms with Crippen molar-refractivity contribution in [1.82, 2.24) is 0 Å². The van der Waals surface area contributed by atoms with E-state index in [1.807, 2.05) is 0 Å². The second-order valence-electron chi connectivity index (χ2n) is 5.55. The molecule has 0 heterocycles. The monoisotopic (exact) mass is 452 g/mol. The molecule has 2 aromatic carbocycles. The SMILES string of the molecule is CCN(N=Nc1ccc([N+](=O)[O-])cc1C)c1ccc(S(=O)(=O)[O-])cc1C(=O)[O-].[Na+].[Na+]. The van der Waals surface area contributed by atoms with E-state index >= 15 is 0 Å². The van der Waals surface area contributed by atoms with Gasteiger partial charge >= 0.3 is 59.1 Å². The number of nitro benzene ring substituents is 1. The van der Waals surface area contributed by atoms with Gasteiger partial charge < -0.3 is 14.5 Å². The molecule has 0 N–H and O–H groups in total. The average molecular weight is 452 g/mol. The molecule has 0 unspecified atom stereocenters. The summed E-state index contributed by atoms with van der Waals surface area (Å²) in [6.07, 6.45) is 0. The molecule has 0 aliphatic carbocycles. The number of benzene rings is 2. The Hall–Kier alpha value is -1.38. The maximum atomic E-state index is 11.4. The topological polar surface area (TPSA) is 168 Å². The van der Waals surface area contributed by atoms with Gasteiger partial charge in [-0.25, -0.2) is 13.4 Å². The molecule has 0 amide bonds. The van der Waals surface area contributed by atoms with Crippen molar-refractivity contribution in [3.63, 3.8) is 0 Å². The van der Waals surface area contributed by atoms with Crippen LogP contribution in [0.15, 0.2) is 51.6 Å². The van der Waals surface area contributed by atoms with Crippen molar-refractivity contribution in [3.8, 4) is 0 Å². The maximum Gasteiger partial charge on any atom is 1.00 e. The summed E-state index contributed by atoms with van der Waals surface area (Å²) in [5, 5.41) is 31.2. The molecule has 0 radical (unpaired) electrons. The average Bonchev–Trinajstić information content (AvgIpc) is 2.62. The zero-order valence-corrected chi connectivity index (χ0v) is 21.5. The molecule has 11 nitrogen and oxygen atoms in total.